The Morgan fingerprint density at radius 3 is 2.84 bits per heavy atom. The number of methoxy groups -OCH3 is 1. The Balaban J connectivity index is 1.56. The Morgan fingerprint density at radius 1 is 1.28 bits per heavy atom. The van der Waals surface area contributed by atoms with Gasteiger partial charge in [0.25, 0.3) is 5.22 Å². The van der Waals surface area contributed by atoms with Crippen LogP contribution >= 0.6 is 27.7 Å². The van der Waals surface area contributed by atoms with Gasteiger partial charge < -0.3 is 14.5 Å². The molecule has 2 aromatic carbocycles. The fourth-order valence-electron chi connectivity index (χ4n) is 2.10. The summed E-state index contributed by atoms with van der Waals surface area (Å²) in [6.45, 7) is 0. The van der Waals surface area contributed by atoms with Crippen molar-refractivity contribution in [2.24, 2.45) is 0 Å². The first-order chi connectivity index (χ1) is 12.1. The second kappa shape index (κ2) is 8.22. The monoisotopic (exact) mass is 418 g/mol. The molecule has 0 fully saturated rings. The molecule has 0 spiro atoms. The highest BCUT2D eigenvalue weighted by Crippen LogP contribution is 2.26. The lowest BCUT2D eigenvalue weighted by atomic mass is 10.2. The lowest BCUT2D eigenvalue weighted by Crippen LogP contribution is -2.13. The van der Waals surface area contributed by atoms with Gasteiger partial charge in [-0.2, -0.15) is 0 Å². The molecule has 5 nitrogen and oxygen atoms in total. The maximum Gasteiger partial charge on any atom is 0.256 e. The molecule has 3 rings (SSSR count). The van der Waals surface area contributed by atoms with E-state index in [-0.39, 0.29) is 11.7 Å². The summed E-state index contributed by atoms with van der Waals surface area (Å²) in [4.78, 5) is 16.3. The van der Waals surface area contributed by atoms with Gasteiger partial charge >= 0.3 is 0 Å². The van der Waals surface area contributed by atoms with Gasteiger partial charge in [0.1, 0.15) is 5.75 Å². The van der Waals surface area contributed by atoms with Crippen LogP contribution in [0.25, 0.3) is 11.3 Å². The summed E-state index contributed by atoms with van der Waals surface area (Å²) in [5.41, 5.74) is 1.62. The summed E-state index contributed by atoms with van der Waals surface area (Å²) >= 11 is 4.64. The van der Waals surface area contributed by atoms with E-state index in [1.54, 1.807) is 19.4 Å². The minimum absolute atomic E-state index is 0.137. The highest BCUT2D eigenvalue weighted by atomic mass is 79.9. The van der Waals surface area contributed by atoms with Crippen LogP contribution in [-0.2, 0) is 4.79 Å². The zero-order valence-electron chi connectivity index (χ0n) is 13.4. The number of nitrogens with zero attached hydrogens (tertiary/aromatic N) is 1. The maximum atomic E-state index is 12.1. The first-order valence-corrected chi connectivity index (χ1v) is 9.20. The molecule has 0 bridgehead atoms. The largest absolute Gasteiger partial charge is 0.497 e. The Kier molecular flexibility index (Phi) is 5.78. The second-order valence-corrected chi connectivity index (χ2v) is 6.91. The van der Waals surface area contributed by atoms with Crippen molar-refractivity contribution >= 4 is 39.3 Å². The number of carbonyl (C=O) groups is 1. The zero-order chi connectivity index (χ0) is 17.6. The minimum atomic E-state index is -0.137. The van der Waals surface area contributed by atoms with E-state index in [2.05, 4.69) is 26.2 Å². The van der Waals surface area contributed by atoms with E-state index < -0.39 is 0 Å². The molecule has 1 aromatic heterocycles. The maximum absolute atomic E-state index is 12.1. The van der Waals surface area contributed by atoms with Gasteiger partial charge in [-0.1, -0.05) is 45.9 Å². The Bertz CT molecular complexity index is 865. The number of rotatable bonds is 6. The van der Waals surface area contributed by atoms with Crippen LogP contribution in [0.4, 0.5) is 5.69 Å². The van der Waals surface area contributed by atoms with Gasteiger partial charge in [0.2, 0.25) is 5.91 Å². The first kappa shape index (κ1) is 17.6. The molecule has 0 atom stereocenters. The van der Waals surface area contributed by atoms with Crippen molar-refractivity contribution in [1.82, 2.24) is 4.98 Å². The molecule has 1 amide bonds. The third kappa shape index (κ3) is 4.87. The number of carbonyl (C=O) groups excluding carboxylic acids is 1. The molecule has 0 unspecified atom stereocenters. The number of amides is 1. The summed E-state index contributed by atoms with van der Waals surface area (Å²) in [5.74, 6) is 1.43. The standard InChI is InChI=1S/C18H15BrN2O3S/c1-23-15-4-2-3-14(9-15)21-17(22)11-25-18-20-10-16(24-18)12-5-7-13(19)8-6-12/h2-10H,11H2,1H3,(H,21,22). The van der Waals surface area contributed by atoms with E-state index in [0.29, 0.717) is 22.4 Å². The van der Waals surface area contributed by atoms with Crippen LogP contribution in [0.2, 0.25) is 0 Å². The minimum Gasteiger partial charge on any atom is -0.497 e. The number of oxazole rings is 1. The normalized spacial score (nSPS) is 10.5. The molecule has 0 saturated carbocycles. The number of aromatic nitrogens is 1. The number of hydrogen-bond acceptors (Lipinski definition) is 5. The van der Waals surface area contributed by atoms with Gasteiger partial charge in [-0.25, -0.2) is 4.98 Å². The zero-order valence-corrected chi connectivity index (χ0v) is 15.8. The third-order valence-electron chi connectivity index (χ3n) is 3.29. The van der Waals surface area contributed by atoms with Gasteiger partial charge in [-0.05, 0) is 24.3 Å². The first-order valence-electron chi connectivity index (χ1n) is 7.42. The lowest BCUT2D eigenvalue weighted by molar-refractivity contribution is -0.113. The highest BCUT2D eigenvalue weighted by molar-refractivity contribution is 9.10. The lowest BCUT2D eigenvalue weighted by Gasteiger charge is -2.06. The van der Waals surface area contributed by atoms with Gasteiger partial charge in [-0.3, -0.25) is 4.79 Å². The molecule has 0 radical (unpaired) electrons. The fourth-order valence-corrected chi connectivity index (χ4v) is 2.96. The predicted octanol–water partition coefficient (Wildman–Crippen LogP) is 4.84. The molecule has 1 heterocycles. The number of halogens is 1. The number of nitrogens with one attached hydrogen (secondary N) is 1. The molecule has 0 saturated heterocycles. The Labute approximate surface area is 157 Å². The molecule has 3 aromatic rings. The summed E-state index contributed by atoms with van der Waals surface area (Å²) in [6.07, 6.45) is 1.66. The average Bonchev–Trinajstić information content (AvgIpc) is 3.10. The topological polar surface area (TPSA) is 64.4 Å². The van der Waals surface area contributed by atoms with E-state index in [1.807, 2.05) is 42.5 Å². The molecular weight excluding hydrogens is 404 g/mol. The number of hydrogen-bond donors (Lipinski definition) is 1. The van der Waals surface area contributed by atoms with Crippen molar-refractivity contribution in [2.75, 3.05) is 18.2 Å². The van der Waals surface area contributed by atoms with Crippen molar-refractivity contribution in [1.29, 1.82) is 0 Å². The van der Waals surface area contributed by atoms with E-state index in [1.165, 1.54) is 11.8 Å². The third-order valence-corrected chi connectivity index (χ3v) is 4.66. The number of thioether (sulfide) groups is 1. The quantitative estimate of drug-likeness (QED) is 0.579. The number of ether oxygens (including phenoxy) is 1. The molecule has 0 aliphatic carbocycles. The number of anilines is 1. The van der Waals surface area contributed by atoms with Crippen LogP contribution in [0.1, 0.15) is 0 Å². The summed E-state index contributed by atoms with van der Waals surface area (Å²) in [5, 5.41) is 3.27. The smallest absolute Gasteiger partial charge is 0.256 e. The van der Waals surface area contributed by atoms with Gasteiger partial charge in [0.05, 0.1) is 19.1 Å². The second-order valence-electron chi connectivity index (χ2n) is 5.07. The molecule has 1 N–H and O–H groups in total. The van der Waals surface area contributed by atoms with E-state index >= 15 is 0 Å². The summed E-state index contributed by atoms with van der Waals surface area (Å²) < 4.78 is 11.8. The van der Waals surface area contributed by atoms with Crippen molar-refractivity contribution in [2.45, 2.75) is 5.22 Å². The van der Waals surface area contributed by atoms with Gasteiger partial charge in [-0.15, -0.1) is 0 Å². The van der Waals surface area contributed by atoms with Crippen LogP contribution in [0.15, 0.2) is 68.8 Å². The fraction of sp³-hybridized carbons (Fsp3) is 0.111. The number of benzene rings is 2. The van der Waals surface area contributed by atoms with Crippen LogP contribution in [0.3, 0.4) is 0 Å². The average molecular weight is 419 g/mol. The predicted molar refractivity (Wildman–Crippen MR) is 102 cm³/mol. The Morgan fingerprint density at radius 2 is 2.08 bits per heavy atom. The van der Waals surface area contributed by atoms with E-state index in [0.717, 1.165) is 10.0 Å². The summed E-state index contributed by atoms with van der Waals surface area (Å²) in [7, 11) is 1.59. The molecule has 25 heavy (non-hydrogen) atoms. The van der Waals surface area contributed by atoms with Crippen LogP contribution in [0, 0.1) is 0 Å². The molecule has 128 valence electrons. The van der Waals surface area contributed by atoms with E-state index in [4.69, 9.17) is 9.15 Å². The van der Waals surface area contributed by atoms with Crippen molar-refractivity contribution in [3.63, 3.8) is 0 Å². The van der Waals surface area contributed by atoms with Crippen molar-refractivity contribution in [3.8, 4) is 17.1 Å². The molecule has 7 heteroatoms. The Hall–Kier alpha value is -2.25. The molecular formula is C18H15BrN2O3S. The van der Waals surface area contributed by atoms with Crippen molar-refractivity contribution in [3.05, 3.63) is 59.2 Å². The van der Waals surface area contributed by atoms with E-state index in [9.17, 15) is 4.79 Å². The molecule has 0 aliphatic heterocycles. The van der Waals surface area contributed by atoms with Gasteiger partial charge in [0.15, 0.2) is 5.76 Å². The van der Waals surface area contributed by atoms with Crippen molar-refractivity contribution < 1.29 is 13.9 Å². The van der Waals surface area contributed by atoms with Crippen LogP contribution in [-0.4, -0.2) is 23.8 Å². The summed E-state index contributed by atoms with van der Waals surface area (Å²) in [6, 6.07) is 15.0. The highest BCUT2D eigenvalue weighted by Gasteiger charge is 2.10. The van der Waals surface area contributed by atoms with Crippen LogP contribution in [0.5, 0.6) is 5.75 Å². The van der Waals surface area contributed by atoms with Gasteiger partial charge in [0, 0.05) is 21.8 Å². The SMILES string of the molecule is COc1cccc(NC(=O)CSc2ncc(-c3ccc(Br)cc3)o2)c1. The van der Waals surface area contributed by atoms with Crippen LogP contribution < -0.4 is 10.1 Å². The molecule has 0 aliphatic rings.